The van der Waals surface area contributed by atoms with Crippen molar-refractivity contribution in [2.45, 2.75) is 19.6 Å². The first-order valence-electron chi connectivity index (χ1n) is 7.63. The number of non-ortho nitro benzene ring substituents is 1. The van der Waals surface area contributed by atoms with Crippen molar-refractivity contribution >= 4 is 17.6 Å². The molecule has 130 valence electrons. The average molecular weight is 342 g/mol. The topological polar surface area (TPSA) is 89.7 Å². The van der Waals surface area contributed by atoms with E-state index in [1.54, 1.807) is 7.05 Å². The van der Waals surface area contributed by atoms with Gasteiger partial charge in [0, 0.05) is 25.7 Å². The van der Waals surface area contributed by atoms with Gasteiger partial charge in [-0.05, 0) is 24.6 Å². The van der Waals surface area contributed by atoms with Crippen LogP contribution < -0.4 is 0 Å². The molecular weight excluding hydrogens is 324 g/mol. The number of benzene rings is 2. The number of amides is 1. The summed E-state index contributed by atoms with van der Waals surface area (Å²) in [5.74, 6) is -1.04. The summed E-state index contributed by atoms with van der Waals surface area (Å²) in [5.41, 5.74) is 0.992. The van der Waals surface area contributed by atoms with Gasteiger partial charge >= 0.3 is 5.97 Å². The fourth-order valence-corrected chi connectivity index (χ4v) is 2.24. The van der Waals surface area contributed by atoms with Gasteiger partial charge in [0.1, 0.15) is 0 Å². The van der Waals surface area contributed by atoms with Crippen LogP contribution in [0, 0.1) is 10.1 Å². The first-order chi connectivity index (χ1) is 11.9. The summed E-state index contributed by atoms with van der Waals surface area (Å²) in [4.78, 5) is 35.9. The molecule has 0 N–H and O–H groups in total. The number of nitro benzene ring substituents is 1. The maximum atomic E-state index is 12.3. The molecule has 0 aliphatic rings. The number of hydrogen-bond acceptors (Lipinski definition) is 5. The Hall–Kier alpha value is -3.22. The van der Waals surface area contributed by atoms with Gasteiger partial charge in [-0.3, -0.25) is 14.9 Å². The molecule has 2 aromatic rings. The van der Waals surface area contributed by atoms with E-state index < -0.39 is 17.0 Å². The molecule has 0 bridgehead atoms. The highest BCUT2D eigenvalue weighted by molar-refractivity contribution is 5.92. The Morgan fingerprint density at radius 1 is 1.12 bits per heavy atom. The number of hydrogen-bond donors (Lipinski definition) is 0. The number of carbonyl (C=O) groups excluding carboxylic acids is 2. The largest absolute Gasteiger partial charge is 0.449 e. The van der Waals surface area contributed by atoms with Crippen molar-refractivity contribution in [3.8, 4) is 0 Å². The fourth-order valence-electron chi connectivity index (χ4n) is 2.24. The Bertz CT molecular complexity index is 759. The molecule has 0 saturated heterocycles. The number of esters is 1. The molecule has 0 fully saturated rings. The predicted molar refractivity (Wildman–Crippen MR) is 90.9 cm³/mol. The number of likely N-dealkylation sites (N-methyl/N-ethyl adjacent to an activating group) is 1. The molecule has 7 heteroatoms. The van der Waals surface area contributed by atoms with E-state index in [2.05, 4.69) is 0 Å². The first-order valence-corrected chi connectivity index (χ1v) is 7.63. The second-order valence-corrected chi connectivity index (χ2v) is 5.53. The second kappa shape index (κ2) is 8.05. The molecule has 0 spiro atoms. The molecule has 1 atom stereocenters. The minimum atomic E-state index is -0.962. The lowest BCUT2D eigenvalue weighted by Crippen LogP contribution is -2.37. The molecule has 1 unspecified atom stereocenters. The van der Waals surface area contributed by atoms with Crippen molar-refractivity contribution in [2.24, 2.45) is 0 Å². The Kier molecular flexibility index (Phi) is 5.84. The third kappa shape index (κ3) is 4.87. The maximum absolute atomic E-state index is 12.3. The average Bonchev–Trinajstić information content (AvgIpc) is 2.61. The second-order valence-electron chi connectivity index (χ2n) is 5.53. The molecule has 1 amide bonds. The van der Waals surface area contributed by atoms with Gasteiger partial charge in [0.15, 0.2) is 6.10 Å². The summed E-state index contributed by atoms with van der Waals surface area (Å²) in [6.45, 7) is 1.90. The van der Waals surface area contributed by atoms with Crippen molar-refractivity contribution in [3.05, 3.63) is 75.8 Å². The van der Waals surface area contributed by atoms with E-state index >= 15 is 0 Å². The fraction of sp³-hybridized carbons (Fsp3) is 0.222. The van der Waals surface area contributed by atoms with Crippen molar-refractivity contribution in [2.75, 3.05) is 7.05 Å². The number of carbonyl (C=O) groups is 2. The third-order valence-electron chi connectivity index (χ3n) is 3.58. The van der Waals surface area contributed by atoms with E-state index in [-0.39, 0.29) is 17.2 Å². The molecule has 0 aliphatic carbocycles. The Balaban J connectivity index is 1.95. The zero-order valence-electron chi connectivity index (χ0n) is 13.9. The van der Waals surface area contributed by atoms with E-state index in [0.29, 0.717) is 6.54 Å². The molecule has 0 aliphatic heterocycles. The van der Waals surface area contributed by atoms with Crippen molar-refractivity contribution in [3.63, 3.8) is 0 Å². The Morgan fingerprint density at radius 2 is 1.72 bits per heavy atom. The minimum absolute atomic E-state index is 0.122. The molecule has 25 heavy (non-hydrogen) atoms. The van der Waals surface area contributed by atoms with Gasteiger partial charge in [-0.25, -0.2) is 4.79 Å². The van der Waals surface area contributed by atoms with E-state index in [0.717, 1.165) is 5.56 Å². The zero-order chi connectivity index (χ0) is 18.4. The first kappa shape index (κ1) is 18.1. The van der Waals surface area contributed by atoms with Gasteiger partial charge in [-0.1, -0.05) is 30.3 Å². The quantitative estimate of drug-likeness (QED) is 0.457. The van der Waals surface area contributed by atoms with Crippen molar-refractivity contribution < 1.29 is 19.2 Å². The summed E-state index contributed by atoms with van der Waals surface area (Å²) in [6.07, 6.45) is -0.962. The van der Waals surface area contributed by atoms with Crippen molar-refractivity contribution in [1.29, 1.82) is 0 Å². The molecule has 0 heterocycles. The van der Waals surface area contributed by atoms with Crippen LogP contribution in [0.2, 0.25) is 0 Å². The van der Waals surface area contributed by atoms with E-state index in [9.17, 15) is 19.7 Å². The van der Waals surface area contributed by atoms with Gasteiger partial charge in [0.2, 0.25) is 0 Å². The molecule has 0 saturated carbocycles. The van der Waals surface area contributed by atoms with Crippen LogP contribution in [-0.2, 0) is 16.1 Å². The Labute approximate surface area is 145 Å². The molecule has 2 aromatic carbocycles. The standard InChI is InChI=1S/C18H18N2O5/c1-13(17(21)19(2)12-14-6-4-3-5-7-14)25-18(22)15-8-10-16(11-9-15)20(23)24/h3-11,13H,12H2,1-2H3. The highest BCUT2D eigenvalue weighted by atomic mass is 16.6. The van der Waals surface area contributed by atoms with E-state index in [1.807, 2.05) is 30.3 Å². The highest BCUT2D eigenvalue weighted by Crippen LogP contribution is 2.14. The van der Waals surface area contributed by atoms with Crippen LogP contribution in [0.15, 0.2) is 54.6 Å². The molecule has 2 rings (SSSR count). The van der Waals surface area contributed by atoms with Crippen molar-refractivity contribution in [1.82, 2.24) is 4.90 Å². The van der Waals surface area contributed by atoms with Crippen LogP contribution >= 0.6 is 0 Å². The van der Waals surface area contributed by atoms with Crippen LogP contribution in [0.3, 0.4) is 0 Å². The predicted octanol–water partition coefficient (Wildman–Crippen LogP) is 2.80. The number of nitro groups is 1. The van der Waals surface area contributed by atoms with Crippen LogP contribution in [-0.4, -0.2) is 34.9 Å². The van der Waals surface area contributed by atoms with Crippen LogP contribution in [0.1, 0.15) is 22.8 Å². The summed E-state index contributed by atoms with van der Waals surface area (Å²) in [6, 6.07) is 14.5. The lowest BCUT2D eigenvalue weighted by molar-refractivity contribution is -0.384. The zero-order valence-corrected chi connectivity index (χ0v) is 13.9. The monoisotopic (exact) mass is 342 g/mol. The number of nitrogens with zero attached hydrogens (tertiary/aromatic N) is 2. The van der Waals surface area contributed by atoms with Gasteiger partial charge < -0.3 is 9.64 Å². The summed E-state index contributed by atoms with van der Waals surface area (Å²) in [7, 11) is 1.63. The minimum Gasteiger partial charge on any atom is -0.449 e. The summed E-state index contributed by atoms with van der Waals surface area (Å²) < 4.78 is 5.16. The smallest absolute Gasteiger partial charge is 0.338 e. The van der Waals surface area contributed by atoms with Gasteiger partial charge in [0.05, 0.1) is 10.5 Å². The Morgan fingerprint density at radius 3 is 2.28 bits per heavy atom. The summed E-state index contributed by atoms with van der Waals surface area (Å²) >= 11 is 0. The molecular formula is C18H18N2O5. The van der Waals surface area contributed by atoms with E-state index in [1.165, 1.54) is 36.1 Å². The lowest BCUT2D eigenvalue weighted by atomic mass is 10.2. The van der Waals surface area contributed by atoms with Gasteiger partial charge in [-0.2, -0.15) is 0 Å². The van der Waals surface area contributed by atoms with E-state index in [4.69, 9.17) is 4.74 Å². The van der Waals surface area contributed by atoms with Crippen LogP contribution in [0.25, 0.3) is 0 Å². The normalized spacial score (nSPS) is 11.4. The molecule has 0 aromatic heterocycles. The third-order valence-corrected chi connectivity index (χ3v) is 3.58. The number of ether oxygens (including phenoxy) is 1. The lowest BCUT2D eigenvalue weighted by Gasteiger charge is -2.21. The SMILES string of the molecule is CC(OC(=O)c1ccc([N+](=O)[O-])cc1)C(=O)N(C)Cc1ccccc1. The van der Waals surface area contributed by atoms with Gasteiger partial charge in [0.25, 0.3) is 11.6 Å². The van der Waals surface area contributed by atoms with Gasteiger partial charge in [-0.15, -0.1) is 0 Å². The maximum Gasteiger partial charge on any atom is 0.338 e. The number of rotatable bonds is 6. The molecule has 0 radical (unpaired) electrons. The van der Waals surface area contributed by atoms with Crippen LogP contribution in [0.4, 0.5) is 5.69 Å². The highest BCUT2D eigenvalue weighted by Gasteiger charge is 2.22. The van der Waals surface area contributed by atoms with Crippen LogP contribution in [0.5, 0.6) is 0 Å². The molecule has 7 nitrogen and oxygen atoms in total. The summed E-state index contributed by atoms with van der Waals surface area (Å²) in [5, 5.41) is 10.6.